The largest absolute Gasteiger partial charge is 0.462 e. The van der Waals surface area contributed by atoms with Crippen LogP contribution in [0.4, 0.5) is 0 Å². The lowest BCUT2D eigenvalue weighted by Crippen LogP contribution is -2.61. The Kier molecular flexibility index (Phi) is 6.53. The molecule has 0 spiro atoms. The fourth-order valence-electron chi connectivity index (χ4n) is 8.44. The molecule has 0 aromatic heterocycles. The number of carbonyl (C=O) groups is 1. The average molecular weight is 451 g/mol. The number of hydrogen-bond donors (Lipinski definition) is 3. The number of aliphatic hydroxyl groups excluding tert-OH is 3. The zero-order valence-corrected chi connectivity index (χ0v) is 21.0. The first-order valence-corrected chi connectivity index (χ1v) is 13.2. The van der Waals surface area contributed by atoms with Gasteiger partial charge in [0.2, 0.25) is 0 Å². The lowest BCUT2D eigenvalue weighted by Gasteiger charge is -2.59. The van der Waals surface area contributed by atoms with Crippen LogP contribution in [0.3, 0.4) is 0 Å². The Labute approximate surface area is 194 Å². The molecular weight excluding hydrogens is 404 g/mol. The molecule has 3 aliphatic carbocycles. The molecule has 0 unspecified atom stereocenters. The van der Waals surface area contributed by atoms with E-state index in [4.69, 9.17) is 4.74 Å². The van der Waals surface area contributed by atoms with Crippen molar-refractivity contribution in [3.63, 3.8) is 0 Å². The minimum absolute atomic E-state index is 0.00482. The second-order valence-corrected chi connectivity index (χ2v) is 12.8. The second kappa shape index (κ2) is 8.53. The molecular formula is C27H46O5. The van der Waals surface area contributed by atoms with Gasteiger partial charge in [0.25, 0.3) is 0 Å². The van der Waals surface area contributed by atoms with Gasteiger partial charge in [-0.2, -0.15) is 0 Å². The van der Waals surface area contributed by atoms with Gasteiger partial charge in [-0.15, -0.1) is 0 Å². The first-order chi connectivity index (χ1) is 14.9. The maximum atomic E-state index is 13.1. The molecule has 5 heteroatoms. The molecule has 0 aromatic carbocycles. The van der Waals surface area contributed by atoms with E-state index in [1.54, 1.807) is 0 Å². The van der Waals surface area contributed by atoms with Crippen molar-refractivity contribution < 1.29 is 24.9 Å². The quantitative estimate of drug-likeness (QED) is 0.547. The standard InChI is InChI=1S/C27H46O5/c1-14(2)15(3)22(29)23(30)16(4)18-7-8-19-24-20(10-12-26(18,19)5)27(6)11-9-17(28)13-21(27)25(31)32-24/h14-24,28-30H,7-13H2,1-6H3/t15-,16-,17-,18+,19-,20-,21+,22+,23+,24-,26+,27+/m0/s1. The van der Waals surface area contributed by atoms with Gasteiger partial charge < -0.3 is 20.1 Å². The molecule has 1 heterocycles. The second-order valence-electron chi connectivity index (χ2n) is 12.8. The predicted molar refractivity (Wildman–Crippen MR) is 124 cm³/mol. The molecule has 4 rings (SSSR count). The molecule has 12 atom stereocenters. The molecule has 5 nitrogen and oxygen atoms in total. The predicted octanol–water partition coefficient (Wildman–Crippen LogP) is 4.17. The Hall–Kier alpha value is -0.650. The van der Waals surface area contributed by atoms with Gasteiger partial charge in [-0.1, -0.05) is 41.5 Å². The molecule has 184 valence electrons. The highest BCUT2D eigenvalue weighted by Crippen LogP contribution is 2.65. The number of hydrogen-bond acceptors (Lipinski definition) is 5. The van der Waals surface area contributed by atoms with Crippen LogP contribution in [-0.2, 0) is 9.53 Å². The summed E-state index contributed by atoms with van der Waals surface area (Å²) in [5.41, 5.74) is -0.0628. The van der Waals surface area contributed by atoms with Crippen molar-refractivity contribution in [2.45, 2.75) is 111 Å². The van der Waals surface area contributed by atoms with Crippen molar-refractivity contribution in [2.75, 3.05) is 0 Å². The molecule has 4 fully saturated rings. The summed E-state index contributed by atoms with van der Waals surface area (Å²) in [6.45, 7) is 12.9. The molecule has 3 saturated carbocycles. The van der Waals surface area contributed by atoms with Gasteiger partial charge in [0, 0.05) is 11.8 Å². The Morgan fingerprint density at radius 1 is 0.906 bits per heavy atom. The number of esters is 1. The van der Waals surface area contributed by atoms with E-state index in [9.17, 15) is 20.1 Å². The third kappa shape index (κ3) is 3.65. The van der Waals surface area contributed by atoms with E-state index in [-0.39, 0.29) is 46.8 Å². The van der Waals surface area contributed by atoms with E-state index in [0.29, 0.717) is 30.1 Å². The summed E-state index contributed by atoms with van der Waals surface area (Å²) in [7, 11) is 0. The van der Waals surface area contributed by atoms with Crippen LogP contribution >= 0.6 is 0 Å². The monoisotopic (exact) mass is 450 g/mol. The summed E-state index contributed by atoms with van der Waals surface area (Å²) in [4.78, 5) is 13.1. The molecule has 3 N–H and O–H groups in total. The Bertz CT molecular complexity index is 708. The number of carbonyl (C=O) groups excluding carboxylic acids is 1. The molecule has 0 amide bonds. The summed E-state index contributed by atoms with van der Waals surface area (Å²) in [6, 6.07) is 0. The van der Waals surface area contributed by atoms with Crippen LogP contribution in [-0.4, -0.2) is 45.7 Å². The van der Waals surface area contributed by atoms with Crippen LogP contribution < -0.4 is 0 Å². The van der Waals surface area contributed by atoms with Gasteiger partial charge in [-0.3, -0.25) is 4.79 Å². The van der Waals surface area contributed by atoms with Crippen molar-refractivity contribution in [2.24, 2.45) is 52.3 Å². The van der Waals surface area contributed by atoms with E-state index in [0.717, 1.165) is 38.5 Å². The van der Waals surface area contributed by atoms with Crippen LogP contribution in [0.15, 0.2) is 0 Å². The van der Waals surface area contributed by atoms with Crippen molar-refractivity contribution in [1.29, 1.82) is 0 Å². The third-order valence-corrected chi connectivity index (χ3v) is 11.1. The fraction of sp³-hybridized carbons (Fsp3) is 0.963. The first-order valence-electron chi connectivity index (χ1n) is 13.2. The van der Waals surface area contributed by atoms with Gasteiger partial charge >= 0.3 is 5.97 Å². The molecule has 1 saturated heterocycles. The lowest BCUT2D eigenvalue weighted by molar-refractivity contribution is -0.217. The number of ether oxygens (including phenoxy) is 1. The van der Waals surface area contributed by atoms with Crippen molar-refractivity contribution >= 4 is 5.97 Å². The molecule has 0 radical (unpaired) electrons. The minimum atomic E-state index is -0.735. The van der Waals surface area contributed by atoms with Gasteiger partial charge in [-0.25, -0.2) is 0 Å². The van der Waals surface area contributed by atoms with Crippen LogP contribution in [0.2, 0.25) is 0 Å². The van der Waals surface area contributed by atoms with E-state index in [1.165, 1.54) is 0 Å². The molecule has 4 aliphatic rings. The van der Waals surface area contributed by atoms with E-state index in [1.807, 2.05) is 6.92 Å². The summed E-state index contributed by atoms with van der Waals surface area (Å²) >= 11 is 0. The highest BCUT2D eigenvalue weighted by Gasteiger charge is 2.64. The van der Waals surface area contributed by atoms with Crippen molar-refractivity contribution in [3.8, 4) is 0 Å². The molecule has 0 bridgehead atoms. The fourth-order valence-corrected chi connectivity index (χ4v) is 8.44. The normalized spacial score (nSPS) is 47.6. The Balaban J connectivity index is 1.54. The van der Waals surface area contributed by atoms with Crippen LogP contribution in [0.25, 0.3) is 0 Å². The van der Waals surface area contributed by atoms with E-state index >= 15 is 0 Å². The summed E-state index contributed by atoms with van der Waals surface area (Å²) in [5.74, 6) is 1.08. The molecule has 32 heavy (non-hydrogen) atoms. The maximum absolute atomic E-state index is 13.1. The summed E-state index contributed by atoms with van der Waals surface area (Å²) in [6.07, 6.45) is 4.49. The van der Waals surface area contributed by atoms with Crippen molar-refractivity contribution in [1.82, 2.24) is 0 Å². The first kappa shape index (κ1) is 24.5. The number of rotatable bonds is 5. The summed E-state index contributed by atoms with van der Waals surface area (Å²) < 4.78 is 6.20. The molecule has 1 aliphatic heterocycles. The van der Waals surface area contributed by atoms with Gasteiger partial charge in [-0.05, 0) is 79.4 Å². The average Bonchev–Trinajstić information content (AvgIpc) is 3.10. The van der Waals surface area contributed by atoms with E-state index < -0.39 is 12.2 Å². The van der Waals surface area contributed by atoms with Crippen molar-refractivity contribution in [3.05, 3.63) is 0 Å². The minimum Gasteiger partial charge on any atom is -0.462 e. The number of fused-ring (bicyclic) bond motifs is 5. The smallest absolute Gasteiger partial charge is 0.309 e. The van der Waals surface area contributed by atoms with Gasteiger partial charge in [0.1, 0.15) is 6.10 Å². The van der Waals surface area contributed by atoms with Crippen LogP contribution in [0, 0.1) is 52.3 Å². The molecule has 0 aromatic rings. The van der Waals surface area contributed by atoms with Crippen LogP contribution in [0.1, 0.15) is 86.5 Å². The zero-order chi connectivity index (χ0) is 23.6. The Morgan fingerprint density at radius 3 is 2.19 bits per heavy atom. The highest BCUT2D eigenvalue weighted by atomic mass is 16.5. The summed E-state index contributed by atoms with van der Waals surface area (Å²) in [5, 5.41) is 32.1. The third-order valence-electron chi connectivity index (χ3n) is 11.1. The van der Waals surface area contributed by atoms with Gasteiger partial charge in [0.15, 0.2) is 0 Å². The highest BCUT2D eigenvalue weighted by molar-refractivity contribution is 5.75. The van der Waals surface area contributed by atoms with E-state index in [2.05, 4.69) is 34.6 Å². The topological polar surface area (TPSA) is 87.0 Å². The maximum Gasteiger partial charge on any atom is 0.309 e. The SMILES string of the molecule is CC(C)[C@H](C)[C@@H](O)[C@H](O)[C@@H](C)[C@H]1CC[C@H]2[C@@H]3OC(=O)[C@H]4C[C@@H](O)CC[C@]4(C)[C@H]3CC[C@]12C. The number of aliphatic hydroxyl groups is 3. The Morgan fingerprint density at radius 2 is 1.53 bits per heavy atom. The van der Waals surface area contributed by atoms with Crippen LogP contribution in [0.5, 0.6) is 0 Å². The lowest BCUT2D eigenvalue weighted by atomic mass is 9.49. The van der Waals surface area contributed by atoms with Gasteiger partial charge in [0.05, 0.1) is 24.2 Å². The zero-order valence-electron chi connectivity index (χ0n) is 21.0.